The van der Waals surface area contributed by atoms with Crippen LogP contribution in [0.25, 0.3) is 0 Å². The van der Waals surface area contributed by atoms with E-state index in [1.54, 1.807) is 11.8 Å². The van der Waals surface area contributed by atoms with E-state index in [0.717, 1.165) is 6.29 Å². The van der Waals surface area contributed by atoms with Crippen molar-refractivity contribution in [1.82, 2.24) is 4.90 Å². The number of amides is 1. The van der Waals surface area contributed by atoms with E-state index in [4.69, 9.17) is 9.47 Å². The van der Waals surface area contributed by atoms with Gasteiger partial charge < -0.3 is 19.2 Å². The van der Waals surface area contributed by atoms with Crippen molar-refractivity contribution in [3.63, 3.8) is 0 Å². The van der Waals surface area contributed by atoms with E-state index < -0.39 is 11.8 Å². The summed E-state index contributed by atoms with van der Waals surface area (Å²) in [6.45, 7) is 3.24. The maximum atomic E-state index is 11.6. The Morgan fingerprint density at radius 3 is 2.73 bits per heavy atom. The molecule has 0 aromatic rings. The summed E-state index contributed by atoms with van der Waals surface area (Å²) in [6, 6.07) is -0.393. The molecule has 0 N–H and O–H groups in total. The first kappa shape index (κ1) is 10.6. The van der Waals surface area contributed by atoms with Crippen LogP contribution in [0.4, 0.5) is 0 Å². The van der Waals surface area contributed by atoms with Gasteiger partial charge in [-0.05, 0) is 0 Å². The Morgan fingerprint density at radius 2 is 2.20 bits per heavy atom. The Balaban J connectivity index is 2.12. The molecule has 1 amide bonds. The number of carbonyl (C=O) groups is 2. The van der Waals surface area contributed by atoms with Gasteiger partial charge in [-0.15, -0.1) is 0 Å². The fourth-order valence-corrected chi connectivity index (χ4v) is 2.17. The van der Waals surface area contributed by atoms with Gasteiger partial charge in [0.2, 0.25) is 5.91 Å². The molecule has 5 nitrogen and oxygen atoms in total. The zero-order chi connectivity index (χ0) is 10.9. The quantitative estimate of drug-likeness (QED) is 0.603. The monoisotopic (exact) mass is 213 g/mol. The molecule has 2 rings (SSSR count). The second-order valence-corrected chi connectivity index (χ2v) is 3.89. The number of hydrogen-bond acceptors (Lipinski definition) is 4. The highest BCUT2D eigenvalue weighted by atomic mass is 16.7. The van der Waals surface area contributed by atoms with Gasteiger partial charge in [0.15, 0.2) is 5.79 Å². The minimum absolute atomic E-state index is 0.0249. The highest BCUT2D eigenvalue weighted by Crippen LogP contribution is 2.34. The van der Waals surface area contributed by atoms with Crippen LogP contribution >= 0.6 is 0 Å². The molecule has 84 valence electrons. The Hall–Kier alpha value is -0.940. The molecule has 1 atom stereocenters. The number of likely N-dealkylation sites (tertiary alicyclic amines) is 1. The van der Waals surface area contributed by atoms with Gasteiger partial charge in [0, 0.05) is 12.8 Å². The van der Waals surface area contributed by atoms with Gasteiger partial charge in [0.1, 0.15) is 6.29 Å². The van der Waals surface area contributed by atoms with E-state index >= 15 is 0 Å². The number of carbonyl (C=O) groups excluding carboxylic acids is 2. The van der Waals surface area contributed by atoms with Crippen molar-refractivity contribution in [1.29, 1.82) is 0 Å². The van der Waals surface area contributed by atoms with Gasteiger partial charge >= 0.3 is 0 Å². The second kappa shape index (κ2) is 3.90. The van der Waals surface area contributed by atoms with Gasteiger partial charge in [-0.2, -0.15) is 0 Å². The summed E-state index contributed by atoms with van der Waals surface area (Å²) < 4.78 is 11.0. The molecular weight excluding hydrogens is 198 g/mol. The first-order valence-corrected chi connectivity index (χ1v) is 5.23. The fourth-order valence-electron chi connectivity index (χ4n) is 2.17. The van der Waals surface area contributed by atoms with Crippen molar-refractivity contribution in [2.24, 2.45) is 0 Å². The van der Waals surface area contributed by atoms with Crippen LogP contribution in [0.15, 0.2) is 0 Å². The first-order valence-electron chi connectivity index (χ1n) is 5.23. The Kier molecular flexibility index (Phi) is 2.75. The summed E-state index contributed by atoms with van der Waals surface area (Å²) in [7, 11) is 0. The molecule has 2 aliphatic rings. The number of rotatable bonds is 2. The second-order valence-electron chi connectivity index (χ2n) is 3.89. The standard InChI is InChI=1S/C10H15NO4/c1-2-9(13)11-7-10(5-8(11)6-12)14-3-4-15-10/h6,8H,2-5,7H2,1H3/t8-/m0/s1. The van der Waals surface area contributed by atoms with Crippen molar-refractivity contribution < 1.29 is 19.1 Å². The molecule has 2 fully saturated rings. The van der Waals surface area contributed by atoms with Gasteiger partial charge in [-0.3, -0.25) is 4.79 Å². The van der Waals surface area contributed by atoms with Crippen LogP contribution in [0, 0.1) is 0 Å². The van der Waals surface area contributed by atoms with Crippen molar-refractivity contribution in [3.05, 3.63) is 0 Å². The third kappa shape index (κ3) is 1.77. The van der Waals surface area contributed by atoms with E-state index in [2.05, 4.69) is 0 Å². The molecule has 0 unspecified atom stereocenters. The number of hydrogen-bond donors (Lipinski definition) is 0. The van der Waals surface area contributed by atoms with Crippen LogP contribution < -0.4 is 0 Å². The lowest BCUT2D eigenvalue weighted by molar-refractivity contribution is -0.152. The lowest BCUT2D eigenvalue weighted by Gasteiger charge is -2.22. The van der Waals surface area contributed by atoms with Crippen LogP contribution in [0.2, 0.25) is 0 Å². The molecule has 0 aliphatic carbocycles. The zero-order valence-electron chi connectivity index (χ0n) is 8.77. The zero-order valence-corrected chi connectivity index (χ0v) is 8.77. The minimum Gasteiger partial charge on any atom is -0.346 e. The molecule has 0 aromatic heterocycles. The van der Waals surface area contributed by atoms with Gasteiger partial charge in [-0.25, -0.2) is 0 Å². The summed E-state index contributed by atoms with van der Waals surface area (Å²) in [5, 5.41) is 0. The summed E-state index contributed by atoms with van der Waals surface area (Å²) in [4.78, 5) is 24.0. The minimum atomic E-state index is -0.712. The molecule has 15 heavy (non-hydrogen) atoms. The third-order valence-corrected chi connectivity index (χ3v) is 2.93. The van der Waals surface area contributed by atoms with Gasteiger partial charge in [0.05, 0.1) is 25.8 Å². The molecule has 2 saturated heterocycles. The van der Waals surface area contributed by atoms with Crippen LogP contribution in [0.1, 0.15) is 19.8 Å². The number of ether oxygens (including phenoxy) is 2. The predicted octanol–water partition coefficient (Wildman–Crippen LogP) is -0.0607. The van der Waals surface area contributed by atoms with Crippen LogP contribution in [0.5, 0.6) is 0 Å². The maximum absolute atomic E-state index is 11.6. The summed E-state index contributed by atoms with van der Waals surface area (Å²) in [5.74, 6) is -0.737. The lowest BCUT2D eigenvalue weighted by Crippen LogP contribution is -2.38. The molecule has 0 aromatic carbocycles. The topological polar surface area (TPSA) is 55.8 Å². The predicted molar refractivity (Wildman–Crippen MR) is 51.1 cm³/mol. The van der Waals surface area contributed by atoms with E-state index in [9.17, 15) is 9.59 Å². The van der Waals surface area contributed by atoms with Gasteiger partial charge in [-0.1, -0.05) is 6.92 Å². The SMILES string of the molecule is CCC(=O)N1CC2(C[C@H]1C=O)OCCO2. The summed E-state index contributed by atoms with van der Waals surface area (Å²) in [6.07, 6.45) is 1.66. The van der Waals surface area contributed by atoms with E-state index in [1.165, 1.54) is 0 Å². The smallest absolute Gasteiger partial charge is 0.223 e. The number of aldehydes is 1. The average molecular weight is 213 g/mol. The summed E-state index contributed by atoms with van der Waals surface area (Å²) >= 11 is 0. The van der Waals surface area contributed by atoms with E-state index in [0.29, 0.717) is 32.6 Å². The van der Waals surface area contributed by atoms with Crippen LogP contribution in [-0.2, 0) is 19.1 Å². The molecule has 2 aliphatic heterocycles. The Morgan fingerprint density at radius 1 is 1.53 bits per heavy atom. The molecule has 2 heterocycles. The highest BCUT2D eigenvalue weighted by Gasteiger charge is 2.49. The maximum Gasteiger partial charge on any atom is 0.223 e. The van der Waals surface area contributed by atoms with Crippen molar-refractivity contribution >= 4 is 12.2 Å². The molecule has 1 spiro atoms. The first-order chi connectivity index (χ1) is 7.21. The van der Waals surface area contributed by atoms with Crippen LogP contribution in [-0.4, -0.2) is 48.7 Å². The molecule has 5 heteroatoms. The Bertz CT molecular complexity index is 273. The van der Waals surface area contributed by atoms with E-state index in [1.807, 2.05) is 0 Å². The van der Waals surface area contributed by atoms with Crippen molar-refractivity contribution in [3.8, 4) is 0 Å². The highest BCUT2D eigenvalue weighted by molar-refractivity contribution is 5.80. The normalized spacial score (nSPS) is 28.6. The van der Waals surface area contributed by atoms with Crippen molar-refractivity contribution in [2.75, 3.05) is 19.8 Å². The largest absolute Gasteiger partial charge is 0.346 e. The molecular formula is C10H15NO4. The van der Waals surface area contributed by atoms with Crippen molar-refractivity contribution in [2.45, 2.75) is 31.6 Å². The summed E-state index contributed by atoms with van der Waals surface area (Å²) in [5.41, 5.74) is 0. The molecule has 0 radical (unpaired) electrons. The molecule has 0 saturated carbocycles. The number of nitrogens with zero attached hydrogens (tertiary/aromatic N) is 1. The Labute approximate surface area is 88.3 Å². The van der Waals surface area contributed by atoms with E-state index in [-0.39, 0.29) is 5.91 Å². The van der Waals surface area contributed by atoms with Crippen LogP contribution in [0.3, 0.4) is 0 Å². The fraction of sp³-hybridized carbons (Fsp3) is 0.800. The lowest BCUT2D eigenvalue weighted by atomic mass is 10.2. The molecule has 0 bridgehead atoms. The van der Waals surface area contributed by atoms with Gasteiger partial charge in [0.25, 0.3) is 0 Å². The third-order valence-electron chi connectivity index (χ3n) is 2.93. The average Bonchev–Trinajstić information content (AvgIpc) is 2.85.